The van der Waals surface area contributed by atoms with E-state index in [-0.39, 0.29) is 53.2 Å². The Morgan fingerprint density at radius 1 is 1.02 bits per heavy atom. The van der Waals surface area contributed by atoms with E-state index in [4.69, 9.17) is 20.3 Å². The number of nitrogens with zero attached hydrogens (tertiary/aromatic N) is 3. The van der Waals surface area contributed by atoms with Crippen LogP contribution in [-0.2, 0) is 36.4 Å². The zero-order chi connectivity index (χ0) is 44.3. The van der Waals surface area contributed by atoms with Gasteiger partial charge >= 0.3 is 23.5 Å². The number of amides is 1. The molecule has 23 heteroatoms. The molecule has 7 rings (SSSR count). The molecule has 5 aliphatic rings. The Morgan fingerprint density at radius 3 is 2.51 bits per heavy atom. The Bertz CT molecular complexity index is 2180. The molecule has 340 valence electrons. The Balaban J connectivity index is 0.928. The first-order valence-corrected chi connectivity index (χ1v) is 25.4. The van der Waals surface area contributed by atoms with Crippen molar-refractivity contribution < 1.29 is 71.3 Å². The lowest BCUT2D eigenvalue weighted by atomic mass is 9.43. The number of fused-ring (bicyclic) bond motifs is 6. The summed E-state index contributed by atoms with van der Waals surface area (Å²) in [7, 11) is -16.8. The van der Waals surface area contributed by atoms with Crippen molar-refractivity contribution in [1.29, 1.82) is 0 Å². The van der Waals surface area contributed by atoms with Crippen LogP contribution in [0.25, 0.3) is 11.0 Å². The molecule has 15 atom stereocenters. The molecule has 5 fully saturated rings. The van der Waals surface area contributed by atoms with Gasteiger partial charge in [-0.15, -0.1) is 0 Å². The summed E-state index contributed by atoms with van der Waals surface area (Å²) in [4.78, 5) is 58.1. The zero-order valence-electron chi connectivity index (χ0n) is 34.4. The maximum absolute atomic E-state index is 13.1. The van der Waals surface area contributed by atoms with Crippen molar-refractivity contribution >= 4 is 46.2 Å². The fourth-order valence-corrected chi connectivity index (χ4v) is 15.1. The van der Waals surface area contributed by atoms with Gasteiger partial charge in [0, 0.05) is 19.0 Å². The predicted octanol–water partition coefficient (Wildman–Crippen LogP) is 3.88. The highest BCUT2D eigenvalue weighted by atomic mass is 31.3. The van der Waals surface area contributed by atoms with Gasteiger partial charge in [-0.3, -0.25) is 9.32 Å². The van der Waals surface area contributed by atoms with Crippen LogP contribution in [0, 0.1) is 58.2 Å². The average molecular weight is 918 g/mol. The number of anilines is 1. The van der Waals surface area contributed by atoms with Gasteiger partial charge in [0.1, 0.15) is 30.1 Å². The summed E-state index contributed by atoms with van der Waals surface area (Å²) in [5.74, 6) is 8.51. The first-order valence-electron chi connectivity index (χ1n) is 20.9. The third-order valence-corrected chi connectivity index (χ3v) is 18.7. The van der Waals surface area contributed by atoms with Gasteiger partial charge in [-0.05, 0) is 104 Å². The summed E-state index contributed by atoms with van der Waals surface area (Å²) >= 11 is 0. The third-order valence-electron chi connectivity index (χ3n) is 14.9. The SMILES string of the molecule is C[C@H](CCC(=O)NCC#Cc1cn([C@H]2C[C@H](O)[C@@H](COP(=O)(O)OP(=O)(O)OP(=O)(O)O)O2)c2ncnc(N)c12)[C@H]1CC[C@H]2[C@@H]3CC[C@@H]4C[C@H](O)CC[C@]4(C)[C@H]3C[C@H](O)[C@]12C. The number of carbonyl (C=O) groups excluding carboxylic acids is 1. The second kappa shape index (κ2) is 17.6. The van der Waals surface area contributed by atoms with Crippen molar-refractivity contribution in [3.63, 3.8) is 0 Å². The number of rotatable bonds is 13. The molecule has 0 spiro atoms. The minimum absolute atomic E-state index is 0.0383. The number of ether oxygens (including phenoxy) is 1. The lowest BCUT2D eigenvalue weighted by Gasteiger charge is -2.62. The van der Waals surface area contributed by atoms with E-state index in [9.17, 15) is 43.6 Å². The maximum Gasteiger partial charge on any atom is 0.490 e. The van der Waals surface area contributed by atoms with Crippen molar-refractivity contribution in [3.05, 3.63) is 18.1 Å². The molecule has 1 saturated heterocycles. The van der Waals surface area contributed by atoms with E-state index in [1.165, 1.54) is 17.3 Å². The highest BCUT2D eigenvalue weighted by Gasteiger charge is 2.63. The number of hydrogen-bond donors (Lipinski definition) is 9. The molecule has 4 saturated carbocycles. The summed E-state index contributed by atoms with van der Waals surface area (Å²) < 4.78 is 54.2. The Labute approximate surface area is 353 Å². The Hall–Kier alpha value is -2.30. The standard InChI is InChI=1S/C38H58N5O15P3/c1-21(26-9-10-27-25-8-7-23-15-24(44)12-13-37(23,2)28(25)16-31(46)38(26,27)3)6-11-32(47)40-14-4-5-22-18-43(36-34(22)35(39)41-20-42-36)33-17-29(45)30(56-33)19-55-60(51,52)58-61(53,54)57-59(48,49)50/h18,20-21,23-31,33,44-46H,6-17,19H2,1-3H3,(H,40,47)(H,51,52)(H,53,54)(H2,39,41,42)(H2,48,49,50)/t21-,23-,24-,25+,26-,27+,28+,29+,30-,31+,33-,37+,38-/m1/s1. The number of nitrogen functional groups attached to an aromatic ring is 1. The third kappa shape index (κ3) is 9.72. The molecule has 1 aliphatic heterocycles. The second-order valence-corrected chi connectivity index (χ2v) is 22.6. The van der Waals surface area contributed by atoms with E-state index in [2.05, 4.69) is 61.0 Å². The van der Waals surface area contributed by atoms with Gasteiger partial charge in [0.05, 0.1) is 42.4 Å². The summed E-state index contributed by atoms with van der Waals surface area (Å²) in [5, 5.41) is 36.2. The Kier molecular flexibility index (Phi) is 13.5. The molecule has 0 radical (unpaired) electrons. The number of nitrogens with one attached hydrogen (secondary N) is 1. The summed E-state index contributed by atoms with van der Waals surface area (Å²) in [6, 6.07) is 0. The van der Waals surface area contributed by atoms with E-state index in [0.717, 1.165) is 44.9 Å². The van der Waals surface area contributed by atoms with Gasteiger partial charge in [-0.1, -0.05) is 32.6 Å². The molecule has 3 heterocycles. The first-order chi connectivity index (χ1) is 28.5. The molecule has 4 aliphatic carbocycles. The van der Waals surface area contributed by atoms with E-state index in [1.807, 2.05) is 0 Å². The van der Waals surface area contributed by atoms with Crippen molar-refractivity contribution in [2.45, 2.75) is 122 Å². The highest BCUT2D eigenvalue weighted by molar-refractivity contribution is 7.66. The molecule has 2 aromatic rings. The van der Waals surface area contributed by atoms with Crippen LogP contribution < -0.4 is 11.1 Å². The number of aliphatic hydroxyl groups excluding tert-OH is 3. The number of aliphatic hydroxyl groups is 3. The van der Waals surface area contributed by atoms with Crippen molar-refractivity contribution in [1.82, 2.24) is 19.9 Å². The molecule has 10 N–H and O–H groups in total. The number of phosphoric ester groups is 1. The van der Waals surface area contributed by atoms with Crippen LogP contribution in [0.4, 0.5) is 5.82 Å². The molecule has 2 unspecified atom stereocenters. The van der Waals surface area contributed by atoms with Crippen molar-refractivity contribution in [3.8, 4) is 11.8 Å². The van der Waals surface area contributed by atoms with Crippen LogP contribution in [0.1, 0.15) is 103 Å². The molecular weight excluding hydrogens is 859 g/mol. The van der Waals surface area contributed by atoms with Crippen molar-refractivity contribution in [2.75, 3.05) is 18.9 Å². The largest absolute Gasteiger partial charge is 0.490 e. The van der Waals surface area contributed by atoms with Gasteiger partial charge in [-0.25, -0.2) is 23.7 Å². The van der Waals surface area contributed by atoms with Gasteiger partial charge in [0.2, 0.25) is 5.91 Å². The number of phosphoric acid groups is 3. The van der Waals surface area contributed by atoms with Gasteiger partial charge in [-0.2, -0.15) is 8.62 Å². The normalized spacial score (nSPS) is 37.3. The van der Waals surface area contributed by atoms with E-state index < -0.39 is 54.6 Å². The second-order valence-electron chi connectivity index (χ2n) is 18.2. The van der Waals surface area contributed by atoms with Crippen LogP contribution in [0.3, 0.4) is 0 Å². The maximum atomic E-state index is 13.1. The van der Waals surface area contributed by atoms with Crippen LogP contribution in [0.15, 0.2) is 12.5 Å². The van der Waals surface area contributed by atoms with Gasteiger partial charge < -0.3 is 55.2 Å². The lowest BCUT2D eigenvalue weighted by molar-refractivity contribution is -0.174. The minimum atomic E-state index is -5.73. The molecule has 1 amide bonds. The average Bonchev–Trinajstić information content (AvgIpc) is 3.84. The predicted molar refractivity (Wildman–Crippen MR) is 217 cm³/mol. The topological polar surface area (TPSA) is 316 Å². The number of hydrogen-bond acceptors (Lipinski definition) is 14. The summed E-state index contributed by atoms with van der Waals surface area (Å²) in [5.41, 5.74) is 6.86. The zero-order valence-corrected chi connectivity index (χ0v) is 37.0. The lowest BCUT2D eigenvalue weighted by Crippen LogP contribution is -2.58. The number of aromatic nitrogens is 3. The quantitative estimate of drug-likeness (QED) is 0.102. The fourth-order valence-electron chi connectivity index (χ4n) is 12.0. The number of carbonyl (C=O) groups is 1. The van der Waals surface area contributed by atoms with E-state index >= 15 is 0 Å². The van der Waals surface area contributed by atoms with Crippen LogP contribution in [0.5, 0.6) is 0 Å². The monoisotopic (exact) mass is 917 g/mol. The highest BCUT2D eigenvalue weighted by Crippen LogP contribution is 2.69. The molecule has 61 heavy (non-hydrogen) atoms. The van der Waals surface area contributed by atoms with Gasteiger partial charge in [0.25, 0.3) is 0 Å². The Morgan fingerprint density at radius 2 is 1.77 bits per heavy atom. The number of nitrogens with two attached hydrogens (primary N) is 1. The van der Waals surface area contributed by atoms with Crippen LogP contribution in [-0.4, -0.2) is 92.9 Å². The van der Waals surface area contributed by atoms with Crippen molar-refractivity contribution in [2.24, 2.45) is 46.3 Å². The fraction of sp³-hybridized carbons (Fsp3) is 0.763. The van der Waals surface area contributed by atoms with E-state index in [0.29, 0.717) is 53.4 Å². The van der Waals surface area contributed by atoms with Gasteiger partial charge in [0.15, 0.2) is 0 Å². The van der Waals surface area contributed by atoms with Crippen LogP contribution in [0.2, 0.25) is 0 Å². The summed E-state index contributed by atoms with van der Waals surface area (Å²) in [6.07, 6.45) is 7.65. The minimum Gasteiger partial charge on any atom is -0.393 e. The molecule has 0 aromatic carbocycles. The smallest absolute Gasteiger partial charge is 0.393 e. The molecular formula is C38H58N5O15P3. The molecule has 20 nitrogen and oxygen atoms in total. The summed E-state index contributed by atoms with van der Waals surface area (Å²) in [6.45, 7) is 6.12. The molecule has 2 aromatic heterocycles. The van der Waals surface area contributed by atoms with Crippen LogP contribution >= 0.6 is 23.5 Å². The molecule has 0 bridgehead atoms. The van der Waals surface area contributed by atoms with E-state index in [1.54, 1.807) is 6.20 Å². The first kappa shape index (κ1) is 46.7.